The van der Waals surface area contributed by atoms with E-state index >= 15 is 0 Å². The molecule has 2 rings (SSSR count). The van der Waals surface area contributed by atoms with E-state index < -0.39 is 11.7 Å². The van der Waals surface area contributed by atoms with Crippen molar-refractivity contribution in [2.75, 3.05) is 13.1 Å². The molecule has 96 valence electrons. The number of halogens is 3. The van der Waals surface area contributed by atoms with E-state index in [-0.39, 0.29) is 5.56 Å². The van der Waals surface area contributed by atoms with Crippen LogP contribution in [-0.2, 0) is 6.18 Å². The highest BCUT2D eigenvalue weighted by Crippen LogP contribution is 2.30. The Kier molecular flexibility index (Phi) is 3.50. The molecule has 0 aromatic heterocycles. The van der Waals surface area contributed by atoms with Crippen molar-refractivity contribution in [1.82, 2.24) is 10.7 Å². The molecule has 7 heteroatoms. The predicted molar refractivity (Wildman–Crippen MR) is 62.5 cm³/mol. The number of nitrogens with one attached hydrogen (secondary N) is 2. The van der Waals surface area contributed by atoms with Crippen molar-refractivity contribution in [1.29, 1.82) is 0 Å². The molecule has 1 aromatic carbocycles. The molecule has 0 unspecified atom stereocenters. The van der Waals surface area contributed by atoms with E-state index in [1.165, 1.54) is 18.2 Å². The van der Waals surface area contributed by atoms with E-state index in [9.17, 15) is 13.2 Å². The Hall–Kier alpha value is -2.05. The van der Waals surface area contributed by atoms with Crippen LogP contribution in [0.2, 0.25) is 0 Å². The van der Waals surface area contributed by atoms with Crippen LogP contribution >= 0.6 is 0 Å². The van der Waals surface area contributed by atoms with Crippen LogP contribution in [-0.4, -0.2) is 25.3 Å². The summed E-state index contributed by atoms with van der Waals surface area (Å²) in [7, 11) is 0. The van der Waals surface area contributed by atoms with E-state index in [1.54, 1.807) is 0 Å². The average molecular weight is 256 g/mol. The van der Waals surface area contributed by atoms with Crippen molar-refractivity contribution in [3.05, 3.63) is 35.4 Å². The monoisotopic (exact) mass is 256 g/mol. The Balaban J connectivity index is 2.11. The summed E-state index contributed by atoms with van der Waals surface area (Å²) in [6.07, 6.45) is -3.25. The third-order valence-electron chi connectivity index (χ3n) is 2.31. The summed E-state index contributed by atoms with van der Waals surface area (Å²) in [5.41, 5.74) is 1.85. The largest absolute Gasteiger partial charge is 0.417 e. The van der Waals surface area contributed by atoms with Gasteiger partial charge < -0.3 is 5.32 Å². The summed E-state index contributed by atoms with van der Waals surface area (Å²) >= 11 is 0. The molecule has 2 N–H and O–H groups in total. The van der Waals surface area contributed by atoms with Crippen molar-refractivity contribution in [2.24, 2.45) is 10.1 Å². The summed E-state index contributed by atoms with van der Waals surface area (Å²) in [6.45, 7) is 1.34. The minimum atomic E-state index is -4.38. The van der Waals surface area contributed by atoms with Gasteiger partial charge in [-0.15, -0.1) is 0 Å². The van der Waals surface area contributed by atoms with Crippen LogP contribution in [0.5, 0.6) is 0 Å². The van der Waals surface area contributed by atoms with Crippen molar-refractivity contribution in [3.63, 3.8) is 0 Å². The van der Waals surface area contributed by atoms with Gasteiger partial charge in [0, 0.05) is 12.1 Å². The summed E-state index contributed by atoms with van der Waals surface area (Å²) in [4.78, 5) is 4.00. The van der Waals surface area contributed by atoms with Crippen LogP contribution in [0.15, 0.2) is 34.4 Å². The smallest absolute Gasteiger partial charge is 0.353 e. The van der Waals surface area contributed by atoms with Gasteiger partial charge in [0.25, 0.3) is 0 Å². The molecule has 0 fully saturated rings. The Labute approximate surface area is 102 Å². The maximum Gasteiger partial charge on any atom is 0.417 e. The zero-order valence-electron chi connectivity index (χ0n) is 9.33. The average Bonchev–Trinajstić information content (AvgIpc) is 2.81. The summed E-state index contributed by atoms with van der Waals surface area (Å²) in [5.74, 6) is 0.468. The number of hydrazone groups is 1. The molecule has 0 saturated carbocycles. The van der Waals surface area contributed by atoms with Crippen molar-refractivity contribution in [3.8, 4) is 0 Å². The molecule has 1 aliphatic heterocycles. The molecule has 0 bridgehead atoms. The third kappa shape index (κ3) is 2.99. The van der Waals surface area contributed by atoms with Gasteiger partial charge in [0.05, 0.1) is 18.3 Å². The summed E-state index contributed by atoms with van der Waals surface area (Å²) in [6, 6.07) is 5.25. The quantitative estimate of drug-likeness (QED) is 0.623. The first-order valence-corrected chi connectivity index (χ1v) is 5.31. The topological polar surface area (TPSA) is 48.8 Å². The Bertz CT molecular complexity index is 479. The SMILES string of the molecule is FC(F)(F)c1ccccc1/C=N/NC1=NCCN1. The number of guanidine groups is 1. The molecule has 1 aliphatic rings. The van der Waals surface area contributed by atoms with Crippen molar-refractivity contribution < 1.29 is 13.2 Å². The van der Waals surface area contributed by atoms with E-state index in [1.807, 2.05) is 0 Å². The highest BCUT2D eigenvalue weighted by Gasteiger charge is 2.32. The molecule has 4 nitrogen and oxygen atoms in total. The zero-order chi connectivity index (χ0) is 13.0. The molecule has 0 saturated heterocycles. The second-order valence-corrected chi connectivity index (χ2v) is 3.61. The first kappa shape index (κ1) is 12.4. The maximum absolute atomic E-state index is 12.7. The van der Waals surface area contributed by atoms with Gasteiger partial charge in [0.2, 0.25) is 5.96 Å². The molecule has 1 heterocycles. The Morgan fingerprint density at radius 1 is 1.33 bits per heavy atom. The lowest BCUT2D eigenvalue weighted by Gasteiger charge is -2.09. The fourth-order valence-electron chi connectivity index (χ4n) is 1.50. The van der Waals surface area contributed by atoms with Gasteiger partial charge in [0.15, 0.2) is 0 Å². The van der Waals surface area contributed by atoms with Crippen LogP contribution in [0.3, 0.4) is 0 Å². The van der Waals surface area contributed by atoms with E-state index in [0.717, 1.165) is 12.3 Å². The molecule has 18 heavy (non-hydrogen) atoms. The number of nitrogens with zero attached hydrogens (tertiary/aromatic N) is 2. The van der Waals surface area contributed by atoms with Crippen LogP contribution in [0.25, 0.3) is 0 Å². The van der Waals surface area contributed by atoms with E-state index in [4.69, 9.17) is 0 Å². The highest BCUT2D eigenvalue weighted by atomic mass is 19.4. The van der Waals surface area contributed by atoms with Gasteiger partial charge >= 0.3 is 6.18 Å². The van der Waals surface area contributed by atoms with Crippen LogP contribution in [0.4, 0.5) is 13.2 Å². The Morgan fingerprint density at radius 3 is 2.78 bits per heavy atom. The molecular weight excluding hydrogens is 245 g/mol. The van der Waals surface area contributed by atoms with Crippen molar-refractivity contribution >= 4 is 12.2 Å². The maximum atomic E-state index is 12.7. The lowest BCUT2D eigenvalue weighted by molar-refractivity contribution is -0.137. The summed E-state index contributed by atoms with van der Waals surface area (Å²) < 4.78 is 38.0. The molecule has 0 radical (unpaired) electrons. The fourth-order valence-corrected chi connectivity index (χ4v) is 1.50. The molecule has 1 aromatic rings. The number of rotatable bonds is 2. The minimum Gasteiger partial charge on any atom is -0.353 e. The van der Waals surface area contributed by atoms with Gasteiger partial charge in [-0.3, -0.25) is 0 Å². The lowest BCUT2D eigenvalue weighted by atomic mass is 10.1. The number of hydrogen-bond acceptors (Lipinski definition) is 4. The minimum absolute atomic E-state index is 0.0103. The van der Waals surface area contributed by atoms with E-state index in [2.05, 4.69) is 20.8 Å². The predicted octanol–water partition coefficient (Wildman–Crippen LogP) is 1.59. The standard InChI is InChI=1S/C11H11F3N4/c12-11(13,14)9-4-2-1-3-8(9)7-17-18-10-15-5-6-16-10/h1-4,7H,5-6H2,(H2,15,16,18)/b17-7+. The van der Waals surface area contributed by atoms with Crippen LogP contribution in [0, 0.1) is 0 Å². The fraction of sp³-hybridized carbons (Fsp3) is 0.273. The van der Waals surface area contributed by atoms with Crippen molar-refractivity contribution in [2.45, 2.75) is 6.18 Å². The van der Waals surface area contributed by atoms with Gasteiger partial charge in [-0.1, -0.05) is 18.2 Å². The van der Waals surface area contributed by atoms with Gasteiger partial charge in [0.1, 0.15) is 0 Å². The molecule has 0 aliphatic carbocycles. The number of hydrogen-bond donors (Lipinski definition) is 2. The first-order valence-electron chi connectivity index (χ1n) is 5.31. The molecular formula is C11H11F3N4. The lowest BCUT2D eigenvalue weighted by Crippen LogP contribution is -2.30. The van der Waals surface area contributed by atoms with Gasteiger partial charge in [-0.2, -0.15) is 18.3 Å². The highest BCUT2D eigenvalue weighted by molar-refractivity contribution is 5.85. The molecule has 0 spiro atoms. The third-order valence-corrected chi connectivity index (χ3v) is 2.31. The van der Waals surface area contributed by atoms with Gasteiger partial charge in [-0.25, -0.2) is 10.4 Å². The second kappa shape index (κ2) is 5.07. The van der Waals surface area contributed by atoms with Crippen LogP contribution in [0.1, 0.15) is 11.1 Å². The second-order valence-electron chi connectivity index (χ2n) is 3.61. The molecule has 0 atom stereocenters. The number of alkyl halides is 3. The first-order chi connectivity index (χ1) is 8.57. The number of benzene rings is 1. The zero-order valence-corrected chi connectivity index (χ0v) is 9.33. The normalized spacial score (nSPS) is 15.6. The van der Waals surface area contributed by atoms with E-state index in [0.29, 0.717) is 19.0 Å². The van der Waals surface area contributed by atoms with Crippen LogP contribution < -0.4 is 10.7 Å². The molecule has 0 amide bonds. The Morgan fingerprint density at radius 2 is 2.11 bits per heavy atom. The van der Waals surface area contributed by atoms with Gasteiger partial charge in [-0.05, 0) is 6.07 Å². The number of aliphatic imine (C=N–C) groups is 1. The summed E-state index contributed by atoms with van der Waals surface area (Å²) in [5, 5.41) is 6.62.